The molecule has 176 valence electrons. The molecule has 1 unspecified atom stereocenters. The Kier molecular flexibility index (Phi) is 5.80. The molecule has 0 aliphatic heterocycles. The van der Waals surface area contributed by atoms with Gasteiger partial charge in [0.25, 0.3) is 0 Å². The molecular weight excluding hydrogens is 467 g/mol. The van der Waals surface area contributed by atoms with Crippen molar-refractivity contribution in [3.8, 4) is 5.75 Å². The van der Waals surface area contributed by atoms with Crippen molar-refractivity contribution in [2.45, 2.75) is 18.4 Å². The highest BCUT2D eigenvalue weighted by Gasteiger charge is 2.33. The molecule has 0 fully saturated rings. The Morgan fingerprint density at radius 2 is 1.47 bits per heavy atom. The maximum atomic E-state index is 14.9. The summed E-state index contributed by atoms with van der Waals surface area (Å²) in [6, 6.07) is 8.56. The topological polar surface area (TPSA) is 58.0 Å². The first-order chi connectivity index (χ1) is 15.9. The Morgan fingerprint density at radius 3 is 2.09 bits per heavy atom. The largest absolute Gasteiger partial charge is 0.505 e. The molecule has 2 heterocycles. The number of alkyl halides is 6. The predicted octanol–water partition coefficient (Wildman–Crippen LogP) is 6.71. The molecule has 0 saturated carbocycles. The fraction of sp³-hybridized carbons (Fsp3) is 0.130. The Balaban J connectivity index is 1.83. The molecule has 0 aliphatic carbocycles. The number of fused-ring (bicyclic) bond motifs is 1. The van der Waals surface area contributed by atoms with Gasteiger partial charge in [-0.3, -0.25) is 4.98 Å². The number of nitrogens with zero attached hydrogens (tertiary/aromatic N) is 2. The van der Waals surface area contributed by atoms with Crippen LogP contribution in [0.25, 0.3) is 10.9 Å². The molecule has 0 aliphatic rings. The van der Waals surface area contributed by atoms with E-state index >= 15 is 0 Å². The van der Waals surface area contributed by atoms with Gasteiger partial charge in [0, 0.05) is 28.9 Å². The molecule has 0 bridgehead atoms. The molecule has 2 N–H and O–H groups in total. The third-order valence-corrected chi connectivity index (χ3v) is 5.11. The summed E-state index contributed by atoms with van der Waals surface area (Å²) in [6.07, 6.45) is -7.45. The highest BCUT2D eigenvalue weighted by molar-refractivity contribution is 5.86. The van der Waals surface area contributed by atoms with Crippen molar-refractivity contribution < 1.29 is 35.8 Å². The average molecular weight is 481 g/mol. The maximum Gasteiger partial charge on any atom is 0.417 e. The van der Waals surface area contributed by atoms with Crippen molar-refractivity contribution in [1.29, 1.82) is 0 Å². The zero-order valence-electron chi connectivity index (χ0n) is 16.9. The minimum Gasteiger partial charge on any atom is -0.505 e. The molecule has 4 nitrogen and oxygen atoms in total. The van der Waals surface area contributed by atoms with Gasteiger partial charge in [0.1, 0.15) is 22.9 Å². The number of nitrogens with one attached hydrogen (secondary N) is 1. The van der Waals surface area contributed by atoms with E-state index in [0.29, 0.717) is 23.7 Å². The van der Waals surface area contributed by atoms with Crippen LogP contribution in [0.1, 0.15) is 28.3 Å². The Labute approximate surface area is 187 Å². The summed E-state index contributed by atoms with van der Waals surface area (Å²) in [5.74, 6) is -1.74. The van der Waals surface area contributed by atoms with E-state index in [-0.39, 0.29) is 28.2 Å². The minimum atomic E-state index is -4.79. The van der Waals surface area contributed by atoms with Gasteiger partial charge in [0.2, 0.25) is 0 Å². The molecule has 0 radical (unpaired) electrons. The van der Waals surface area contributed by atoms with E-state index in [0.717, 1.165) is 18.2 Å². The summed E-state index contributed by atoms with van der Waals surface area (Å²) in [4.78, 5) is 7.75. The lowest BCUT2D eigenvalue weighted by atomic mass is 9.94. The van der Waals surface area contributed by atoms with Crippen LogP contribution >= 0.6 is 0 Å². The number of aromatic nitrogens is 2. The lowest BCUT2D eigenvalue weighted by molar-refractivity contribution is -0.138. The van der Waals surface area contributed by atoms with E-state index in [4.69, 9.17) is 0 Å². The van der Waals surface area contributed by atoms with Gasteiger partial charge in [-0.15, -0.1) is 0 Å². The number of phenolic OH excluding ortho intramolecular Hbond substituents is 1. The van der Waals surface area contributed by atoms with Crippen LogP contribution in [-0.2, 0) is 12.4 Å². The number of benzene rings is 2. The van der Waals surface area contributed by atoms with Crippen molar-refractivity contribution >= 4 is 16.7 Å². The zero-order valence-corrected chi connectivity index (χ0v) is 16.9. The van der Waals surface area contributed by atoms with Crippen molar-refractivity contribution in [3.05, 3.63) is 95.1 Å². The van der Waals surface area contributed by atoms with E-state index in [1.54, 1.807) is 18.2 Å². The molecule has 11 heteroatoms. The SMILES string of the molecule is Oc1c(C(Nc2ccc(C(F)(F)F)cn2)c2ccc(C(F)(F)F)cc2F)ccc2cccnc12. The highest BCUT2D eigenvalue weighted by atomic mass is 19.4. The van der Waals surface area contributed by atoms with Gasteiger partial charge in [-0.05, 0) is 30.3 Å². The monoisotopic (exact) mass is 481 g/mol. The van der Waals surface area contributed by atoms with Crippen molar-refractivity contribution in [2.24, 2.45) is 0 Å². The molecule has 34 heavy (non-hydrogen) atoms. The number of pyridine rings is 2. The molecule has 2 aromatic carbocycles. The van der Waals surface area contributed by atoms with Crippen LogP contribution in [0.3, 0.4) is 0 Å². The Morgan fingerprint density at radius 1 is 0.794 bits per heavy atom. The van der Waals surface area contributed by atoms with E-state index < -0.39 is 35.3 Å². The van der Waals surface area contributed by atoms with Gasteiger partial charge in [0.05, 0.1) is 17.2 Å². The summed E-state index contributed by atoms with van der Waals surface area (Å²) < 4.78 is 92.5. The molecular formula is C23H14F7N3O. The first-order valence-electron chi connectivity index (χ1n) is 9.68. The lowest BCUT2D eigenvalue weighted by Crippen LogP contribution is -2.17. The molecule has 0 spiro atoms. The van der Waals surface area contributed by atoms with Crippen LogP contribution in [0.15, 0.2) is 67.0 Å². The van der Waals surface area contributed by atoms with Gasteiger partial charge in [-0.25, -0.2) is 9.37 Å². The Bertz CT molecular complexity index is 1340. The van der Waals surface area contributed by atoms with Crippen molar-refractivity contribution in [3.63, 3.8) is 0 Å². The number of phenols is 1. The van der Waals surface area contributed by atoms with Gasteiger partial charge in [0.15, 0.2) is 0 Å². The maximum absolute atomic E-state index is 14.9. The summed E-state index contributed by atoms with van der Waals surface area (Å²) in [5, 5.41) is 14.1. The van der Waals surface area contributed by atoms with Crippen LogP contribution in [0.5, 0.6) is 5.75 Å². The number of rotatable bonds is 4. The number of hydrogen-bond acceptors (Lipinski definition) is 4. The van der Waals surface area contributed by atoms with E-state index in [2.05, 4.69) is 15.3 Å². The second-order valence-electron chi connectivity index (χ2n) is 7.32. The normalized spacial score (nSPS) is 13.1. The van der Waals surface area contributed by atoms with Gasteiger partial charge >= 0.3 is 12.4 Å². The average Bonchev–Trinajstić information content (AvgIpc) is 2.77. The van der Waals surface area contributed by atoms with Gasteiger partial charge in [-0.2, -0.15) is 26.3 Å². The number of halogens is 7. The van der Waals surface area contributed by atoms with E-state index in [1.807, 2.05) is 0 Å². The fourth-order valence-corrected chi connectivity index (χ4v) is 3.43. The predicted molar refractivity (Wildman–Crippen MR) is 110 cm³/mol. The number of hydrogen-bond donors (Lipinski definition) is 2. The standard InChI is InChI=1S/C23H14F7N3O/c24-17-10-13(22(25,26)27)4-7-15(17)20(33-18-8-5-14(11-32-18)23(28,29)30)16-6-3-12-2-1-9-31-19(12)21(16)34/h1-11,20,34H,(H,32,33). The summed E-state index contributed by atoms with van der Waals surface area (Å²) in [5.41, 5.74) is -2.34. The van der Waals surface area contributed by atoms with Crippen molar-refractivity contribution in [2.75, 3.05) is 5.32 Å². The summed E-state index contributed by atoms with van der Waals surface area (Å²) >= 11 is 0. The third-order valence-electron chi connectivity index (χ3n) is 5.11. The quantitative estimate of drug-likeness (QED) is 0.318. The summed E-state index contributed by atoms with van der Waals surface area (Å²) in [7, 11) is 0. The Hall–Kier alpha value is -3.89. The van der Waals surface area contributed by atoms with Crippen LogP contribution in [0.4, 0.5) is 36.6 Å². The molecule has 1 atom stereocenters. The smallest absolute Gasteiger partial charge is 0.417 e. The second kappa shape index (κ2) is 8.47. The zero-order chi connectivity index (χ0) is 24.7. The molecule has 4 rings (SSSR count). The van der Waals surface area contributed by atoms with Crippen LogP contribution < -0.4 is 5.32 Å². The first-order valence-corrected chi connectivity index (χ1v) is 9.68. The fourth-order valence-electron chi connectivity index (χ4n) is 3.43. The minimum absolute atomic E-state index is 0.0338. The van der Waals surface area contributed by atoms with Crippen LogP contribution in [-0.4, -0.2) is 15.1 Å². The third kappa shape index (κ3) is 4.59. The summed E-state index contributed by atoms with van der Waals surface area (Å²) in [6.45, 7) is 0. The molecule has 0 amide bonds. The van der Waals surface area contributed by atoms with Crippen LogP contribution in [0, 0.1) is 5.82 Å². The van der Waals surface area contributed by atoms with E-state index in [9.17, 15) is 35.8 Å². The first kappa shape index (κ1) is 23.3. The second-order valence-corrected chi connectivity index (χ2v) is 7.32. The molecule has 0 saturated heterocycles. The van der Waals surface area contributed by atoms with Gasteiger partial charge < -0.3 is 10.4 Å². The van der Waals surface area contributed by atoms with Gasteiger partial charge in [-0.1, -0.05) is 24.3 Å². The number of aromatic hydroxyl groups is 1. The number of anilines is 1. The lowest BCUT2D eigenvalue weighted by Gasteiger charge is -2.23. The molecule has 2 aromatic heterocycles. The van der Waals surface area contributed by atoms with Crippen molar-refractivity contribution in [1.82, 2.24) is 9.97 Å². The highest BCUT2D eigenvalue weighted by Crippen LogP contribution is 2.39. The molecule has 4 aromatic rings. The van der Waals surface area contributed by atoms with E-state index in [1.165, 1.54) is 12.3 Å². The van der Waals surface area contributed by atoms with Crippen LogP contribution in [0.2, 0.25) is 0 Å².